The van der Waals surface area contributed by atoms with E-state index >= 15 is 0 Å². The summed E-state index contributed by atoms with van der Waals surface area (Å²) >= 11 is 1.75. The number of thioether (sulfide) groups is 1. The van der Waals surface area contributed by atoms with Crippen LogP contribution in [0, 0.1) is 11.3 Å². The quantitative estimate of drug-likeness (QED) is 0.796. The number of nitriles is 1. The molecule has 0 aromatic heterocycles. The molecule has 0 saturated carbocycles. The second kappa shape index (κ2) is 6.57. The van der Waals surface area contributed by atoms with Gasteiger partial charge in [0.25, 0.3) is 0 Å². The molecular formula is C13H18N2S. The molecule has 1 unspecified atom stereocenters. The summed E-state index contributed by atoms with van der Waals surface area (Å²) in [6.45, 7) is 4.38. The predicted octanol–water partition coefficient (Wildman–Crippen LogP) is 3.14. The minimum atomic E-state index is -0.331. The number of rotatable bonds is 5. The third kappa shape index (κ3) is 4.26. The van der Waals surface area contributed by atoms with Gasteiger partial charge in [-0.2, -0.15) is 5.26 Å². The first kappa shape index (κ1) is 13.1. The van der Waals surface area contributed by atoms with Gasteiger partial charge in [0.2, 0.25) is 0 Å². The van der Waals surface area contributed by atoms with E-state index in [0.29, 0.717) is 5.92 Å². The van der Waals surface area contributed by atoms with Crippen LogP contribution in [0.2, 0.25) is 0 Å². The lowest BCUT2D eigenvalue weighted by molar-refractivity contribution is 0.803. The Morgan fingerprint density at radius 3 is 2.44 bits per heavy atom. The van der Waals surface area contributed by atoms with E-state index in [0.717, 1.165) is 12.2 Å². The molecule has 0 spiro atoms. The van der Waals surface area contributed by atoms with Crippen LogP contribution >= 0.6 is 11.8 Å². The van der Waals surface area contributed by atoms with Crippen LogP contribution in [0.3, 0.4) is 0 Å². The first-order valence-corrected chi connectivity index (χ1v) is 6.50. The van der Waals surface area contributed by atoms with E-state index in [9.17, 15) is 0 Å². The summed E-state index contributed by atoms with van der Waals surface area (Å²) in [5, 5.41) is 8.55. The molecule has 0 fully saturated rings. The first-order valence-electron chi connectivity index (χ1n) is 5.51. The molecule has 0 radical (unpaired) electrons. The monoisotopic (exact) mass is 234 g/mol. The molecule has 86 valence electrons. The van der Waals surface area contributed by atoms with Crippen molar-refractivity contribution in [3.05, 3.63) is 29.8 Å². The van der Waals surface area contributed by atoms with Crippen molar-refractivity contribution >= 4 is 11.8 Å². The molecule has 2 nitrogen and oxygen atoms in total. The molecule has 3 heteroatoms. The Hall–Kier alpha value is -0.980. The van der Waals surface area contributed by atoms with Gasteiger partial charge in [0.05, 0.1) is 12.1 Å². The molecule has 0 aliphatic heterocycles. The molecule has 0 amide bonds. The normalized spacial score (nSPS) is 12.4. The third-order valence-corrected chi connectivity index (χ3v) is 3.46. The second-order valence-electron chi connectivity index (χ2n) is 4.10. The van der Waals surface area contributed by atoms with E-state index in [1.165, 1.54) is 10.5 Å². The fourth-order valence-corrected chi connectivity index (χ4v) is 2.25. The Labute approximate surface area is 102 Å². The lowest BCUT2D eigenvalue weighted by atomic mass is 10.0. The summed E-state index contributed by atoms with van der Waals surface area (Å²) in [5.74, 6) is 1.47. The van der Waals surface area contributed by atoms with E-state index < -0.39 is 0 Å². The molecule has 0 aliphatic carbocycles. The van der Waals surface area contributed by atoms with E-state index in [4.69, 9.17) is 11.0 Å². The van der Waals surface area contributed by atoms with Crippen LogP contribution < -0.4 is 5.73 Å². The Kier molecular flexibility index (Phi) is 5.37. The first-order chi connectivity index (χ1) is 7.63. The summed E-state index contributed by atoms with van der Waals surface area (Å²) < 4.78 is 0. The van der Waals surface area contributed by atoms with Crippen molar-refractivity contribution in [3.8, 4) is 6.07 Å². The molecule has 1 atom stereocenters. The van der Waals surface area contributed by atoms with Gasteiger partial charge in [-0.1, -0.05) is 26.0 Å². The lowest BCUT2D eigenvalue weighted by Gasteiger charge is -2.07. The van der Waals surface area contributed by atoms with Crippen LogP contribution in [0.1, 0.15) is 31.7 Å². The minimum Gasteiger partial charge on any atom is -0.316 e. The van der Waals surface area contributed by atoms with Crippen LogP contribution in [0.5, 0.6) is 0 Å². The van der Waals surface area contributed by atoms with Crippen molar-refractivity contribution in [1.29, 1.82) is 5.26 Å². The van der Waals surface area contributed by atoms with Crippen LogP contribution in [0.15, 0.2) is 29.2 Å². The number of hydrogen-bond acceptors (Lipinski definition) is 3. The van der Waals surface area contributed by atoms with Crippen molar-refractivity contribution in [3.63, 3.8) is 0 Å². The smallest absolute Gasteiger partial charge is 0.0936 e. The van der Waals surface area contributed by atoms with Crippen LogP contribution in [-0.2, 0) is 0 Å². The molecule has 1 aromatic rings. The molecule has 2 N–H and O–H groups in total. The van der Waals surface area contributed by atoms with Gasteiger partial charge < -0.3 is 5.73 Å². The van der Waals surface area contributed by atoms with Crippen LogP contribution in [0.25, 0.3) is 0 Å². The van der Waals surface area contributed by atoms with Gasteiger partial charge in [-0.15, -0.1) is 11.8 Å². The number of nitrogens with zero attached hydrogens (tertiary/aromatic N) is 1. The minimum absolute atomic E-state index is 0.331. The molecular weight excluding hydrogens is 216 g/mol. The van der Waals surface area contributed by atoms with Crippen molar-refractivity contribution in [2.45, 2.75) is 37.1 Å². The highest BCUT2D eigenvalue weighted by Crippen LogP contribution is 2.22. The zero-order valence-corrected chi connectivity index (χ0v) is 10.6. The Morgan fingerprint density at radius 2 is 1.94 bits per heavy atom. The number of hydrogen-bond donors (Lipinski definition) is 1. The maximum Gasteiger partial charge on any atom is 0.0936 e. The van der Waals surface area contributed by atoms with Crippen LogP contribution in [0.4, 0.5) is 0 Å². The average Bonchev–Trinajstić information content (AvgIpc) is 2.29. The standard InChI is InChI=1S/C13H18N2S/c1-10(2)11-3-5-13(6-4-11)16-8-7-12(15)9-14/h3-6,10,12H,7-8,15H2,1-2H3. The highest BCUT2D eigenvalue weighted by molar-refractivity contribution is 7.99. The van der Waals surface area contributed by atoms with Crippen molar-refractivity contribution in [1.82, 2.24) is 0 Å². The molecule has 0 heterocycles. The van der Waals surface area contributed by atoms with Gasteiger partial charge in [0, 0.05) is 10.6 Å². The summed E-state index contributed by atoms with van der Waals surface area (Å²) in [6.07, 6.45) is 0.743. The van der Waals surface area contributed by atoms with Gasteiger partial charge >= 0.3 is 0 Å². The third-order valence-electron chi connectivity index (χ3n) is 2.41. The molecule has 1 rings (SSSR count). The van der Waals surface area contributed by atoms with E-state index in [1.54, 1.807) is 11.8 Å². The fraction of sp³-hybridized carbons (Fsp3) is 0.462. The fourth-order valence-electron chi connectivity index (χ4n) is 1.32. The van der Waals surface area contributed by atoms with Gasteiger partial charge in [-0.05, 0) is 30.0 Å². The van der Waals surface area contributed by atoms with Crippen LogP contribution in [-0.4, -0.2) is 11.8 Å². The van der Waals surface area contributed by atoms with Crippen molar-refractivity contribution in [2.75, 3.05) is 5.75 Å². The highest BCUT2D eigenvalue weighted by Gasteiger charge is 2.02. The van der Waals surface area contributed by atoms with E-state index in [2.05, 4.69) is 38.1 Å². The molecule has 0 saturated heterocycles. The number of benzene rings is 1. The summed E-state index contributed by atoms with van der Waals surface area (Å²) in [5.41, 5.74) is 6.89. The zero-order chi connectivity index (χ0) is 12.0. The maximum absolute atomic E-state index is 8.55. The predicted molar refractivity (Wildman–Crippen MR) is 69.5 cm³/mol. The summed E-state index contributed by atoms with van der Waals surface area (Å²) in [6, 6.07) is 10.3. The highest BCUT2D eigenvalue weighted by atomic mass is 32.2. The van der Waals surface area contributed by atoms with Gasteiger partial charge in [-0.25, -0.2) is 0 Å². The van der Waals surface area contributed by atoms with Crippen molar-refractivity contribution in [2.24, 2.45) is 5.73 Å². The topological polar surface area (TPSA) is 49.8 Å². The second-order valence-corrected chi connectivity index (χ2v) is 5.26. The average molecular weight is 234 g/mol. The zero-order valence-electron chi connectivity index (χ0n) is 9.81. The Bertz CT molecular complexity index is 351. The summed E-state index contributed by atoms with van der Waals surface area (Å²) in [7, 11) is 0. The lowest BCUT2D eigenvalue weighted by Crippen LogP contribution is -2.17. The van der Waals surface area contributed by atoms with Gasteiger partial charge in [-0.3, -0.25) is 0 Å². The Morgan fingerprint density at radius 1 is 1.31 bits per heavy atom. The molecule has 0 bridgehead atoms. The maximum atomic E-state index is 8.55. The van der Waals surface area contributed by atoms with E-state index in [-0.39, 0.29) is 6.04 Å². The SMILES string of the molecule is CC(C)c1ccc(SCCC(N)C#N)cc1. The van der Waals surface area contributed by atoms with Gasteiger partial charge in [0.15, 0.2) is 0 Å². The van der Waals surface area contributed by atoms with E-state index in [1.807, 2.05) is 6.07 Å². The van der Waals surface area contributed by atoms with Crippen molar-refractivity contribution < 1.29 is 0 Å². The largest absolute Gasteiger partial charge is 0.316 e. The van der Waals surface area contributed by atoms with Gasteiger partial charge in [0.1, 0.15) is 0 Å². The molecule has 16 heavy (non-hydrogen) atoms. The number of nitrogens with two attached hydrogens (primary N) is 1. The Balaban J connectivity index is 2.41. The molecule has 1 aromatic carbocycles. The summed E-state index contributed by atoms with van der Waals surface area (Å²) in [4.78, 5) is 1.24. The molecule has 0 aliphatic rings.